The summed E-state index contributed by atoms with van der Waals surface area (Å²) in [5, 5.41) is 2.89. The molecule has 0 heterocycles. The summed E-state index contributed by atoms with van der Waals surface area (Å²) in [4.78, 5) is 12.8. The van der Waals surface area contributed by atoms with Crippen molar-refractivity contribution in [2.24, 2.45) is 0 Å². The molecule has 0 bridgehead atoms. The SMILES string of the molecule is COc1ccc(C(=O)Nc2ccccc2OC)cc1COc1ccc(C(C)(C)C)cc1. The van der Waals surface area contributed by atoms with Crippen LogP contribution in [0.2, 0.25) is 0 Å². The van der Waals surface area contributed by atoms with Crippen LogP contribution in [0.5, 0.6) is 17.2 Å². The van der Waals surface area contributed by atoms with E-state index in [4.69, 9.17) is 14.2 Å². The summed E-state index contributed by atoms with van der Waals surface area (Å²) >= 11 is 0. The number of para-hydroxylation sites is 2. The average Bonchev–Trinajstić information content (AvgIpc) is 2.77. The molecule has 1 amide bonds. The Morgan fingerprint density at radius 3 is 2.19 bits per heavy atom. The fourth-order valence-corrected chi connectivity index (χ4v) is 3.19. The third kappa shape index (κ3) is 5.57. The molecule has 1 N–H and O–H groups in total. The average molecular weight is 420 g/mol. The van der Waals surface area contributed by atoms with Crippen LogP contribution in [0.25, 0.3) is 0 Å². The number of carbonyl (C=O) groups excluding carboxylic acids is 1. The maximum absolute atomic E-state index is 12.8. The number of nitrogens with one attached hydrogen (secondary N) is 1. The highest BCUT2D eigenvalue weighted by Gasteiger charge is 2.15. The highest BCUT2D eigenvalue weighted by molar-refractivity contribution is 6.05. The number of amides is 1. The molecule has 0 aromatic heterocycles. The molecule has 0 saturated carbocycles. The number of rotatable bonds is 7. The molecule has 0 atom stereocenters. The zero-order valence-electron chi connectivity index (χ0n) is 18.7. The van der Waals surface area contributed by atoms with Crippen molar-refractivity contribution in [2.45, 2.75) is 32.8 Å². The summed E-state index contributed by atoms with van der Waals surface area (Å²) in [5.41, 5.74) is 3.24. The van der Waals surface area contributed by atoms with Crippen LogP contribution in [0, 0.1) is 0 Å². The summed E-state index contributed by atoms with van der Waals surface area (Å²) in [6.45, 7) is 6.81. The number of methoxy groups -OCH3 is 2. The first-order valence-corrected chi connectivity index (χ1v) is 10.2. The molecule has 5 heteroatoms. The topological polar surface area (TPSA) is 56.8 Å². The molecule has 162 valence electrons. The Kier molecular flexibility index (Phi) is 6.85. The van der Waals surface area contributed by atoms with Gasteiger partial charge < -0.3 is 19.5 Å². The van der Waals surface area contributed by atoms with Crippen LogP contribution >= 0.6 is 0 Å². The van der Waals surface area contributed by atoms with Gasteiger partial charge in [-0.25, -0.2) is 0 Å². The number of carbonyl (C=O) groups is 1. The summed E-state index contributed by atoms with van der Waals surface area (Å²) in [6.07, 6.45) is 0. The van der Waals surface area contributed by atoms with Gasteiger partial charge in [-0.2, -0.15) is 0 Å². The Morgan fingerprint density at radius 1 is 0.871 bits per heavy atom. The minimum Gasteiger partial charge on any atom is -0.496 e. The number of benzene rings is 3. The van der Waals surface area contributed by atoms with E-state index in [-0.39, 0.29) is 17.9 Å². The van der Waals surface area contributed by atoms with Crippen molar-refractivity contribution in [1.29, 1.82) is 0 Å². The van der Waals surface area contributed by atoms with E-state index in [9.17, 15) is 4.79 Å². The summed E-state index contributed by atoms with van der Waals surface area (Å²) in [7, 11) is 3.17. The van der Waals surface area contributed by atoms with Crippen molar-refractivity contribution in [3.8, 4) is 17.2 Å². The molecule has 0 aliphatic rings. The Balaban J connectivity index is 1.75. The van der Waals surface area contributed by atoms with Gasteiger partial charge in [-0.3, -0.25) is 4.79 Å². The van der Waals surface area contributed by atoms with Gasteiger partial charge in [0.15, 0.2) is 0 Å². The predicted molar refractivity (Wildman–Crippen MR) is 123 cm³/mol. The Hall–Kier alpha value is -3.47. The number of hydrogen-bond donors (Lipinski definition) is 1. The lowest BCUT2D eigenvalue weighted by Crippen LogP contribution is -2.13. The van der Waals surface area contributed by atoms with Crippen molar-refractivity contribution in [2.75, 3.05) is 19.5 Å². The van der Waals surface area contributed by atoms with Gasteiger partial charge in [0, 0.05) is 11.1 Å². The summed E-state index contributed by atoms with van der Waals surface area (Å²) in [6, 6.07) is 20.7. The maximum Gasteiger partial charge on any atom is 0.255 e. The second-order valence-corrected chi connectivity index (χ2v) is 8.24. The van der Waals surface area contributed by atoms with Gasteiger partial charge in [-0.05, 0) is 53.4 Å². The van der Waals surface area contributed by atoms with E-state index in [0.717, 1.165) is 11.3 Å². The highest BCUT2D eigenvalue weighted by atomic mass is 16.5. The molecule has 0 radical (unpaired) electrons. The molecule has 0 aliphatic heterocycles. The summed E-state index contributed by atoms with van der Waals surface area (Å²) in [5.74, 6) is 1.80. The number of anilines is 1. The first-order chi connectivity index (χ1) is 14.8. The molecule has 3 aromatic carbocycles. The van der Waals surface area contributed by atoms with E-state index in [0.29, 0.717) is 22.7 Å². The second-order valence-electron chi connectivity index (χ2n) is 8.24. The lowest BCUT2D eigenvalue weighted by molar-refractivity contribution is 0.102. The lowest BCUT2D eigenvalue weighted by Gasteiger charge is -2.19. The van der Waals surface area contributed by atoms with E-state index >= 15 is 0 Å². The van der Waals surface area contributed by atoms with Crippen molar-refractivity contribution in [3.05, 3.63) is 83.4 Å². The van der Waals surface area contributed by atoms with Crippen LogP contribution < -0.4 is 19.5 Å². The minimum absolute atomic E-state index is 0.0882. The molecule has 0 spiro atoms. The van der Waals surface area contributed by atoms with E-state index < -0.39 is 0 Å². The monoisotopic (exact) mass is 419 g/mol. The summed E-state index contributed by atoms with van der Waals surface area (Å²) < 4.78 is 16.7. The molecule has 0 unspecified atom stereocenters. The van der Waals surface area contributed by atoms with Crippen LogP contribution in [0.4, 0.5) is 5.69 Å². The Bertz CT molecular complexity index is 1040. The third-order valence-electron chi connectivity index (χ3n) is 5.01. The number of ether oxygens (including phenoxy) is 3. The Labute approximate surface area is 184 Å². The van der Waals surface area contributed by atoms with E-state index in [1.165, 1.54) is 5.56 Å². The van der Waals surface area contributed by atoms with Crippen LogP contribution in [0.1, 0.15) is 42.3 Å². The number of hydrogen-bond acceptors (Lipinski definition) is 4. The molecular formula is C26H29NO4. The smallest absolute Gasteiger partial charge is 0.255 e. The normalized spacial score (nSPS) is 11.0. The molecule has 5 nitrogen and oxygen atoms in total. The predicted octanol–water partition coefficient (Wildman–Crippen LogP) is 5.83. The van der Waals surface area contributed by atoms with Crippen LogP contribution in [0.3, 0.4) is 0 Å². The van der Waals surface area contributed by atoms with Crippen LogP contribution in [-0.2, 0) is 12.0 Å². The fraction of sp³-hybridized carbons (Fsp3) is 0.269. The van der Waals surface area contributed by atoms with Gasteiger partial charge in [0.05, 0.1) is 19.9 Å². The lowest BCUT2D eigenvalue weighted by atomic mass is 9.87. The van der Waals surface area contributed by atoms with Gasteiger partial charge in [-0.15, -0.1) is 0 Å². The van der Waals surface area contributed by atoms with E-state index in [2.05, 4.69) is 38.2 Å². The molecular weight excluding hydrogens is 390 g/mol. The van der Waals surface area contributed by atoms with Crippen molar-refractivity contribution >= 4 is 11.6 Å². The zero-order chi connectivity index (χ0) is 22.4. The second kappa shape index (κ2) is 9.56. The van der Waals surface area contributed by atoms with E-state index in [1.807, 2.05) is 24.3 Å². The molecule has 3 rings (SSSR count). The minimum atomic E-state index is -0.233. The largest absolute Gasteiger partial charge is 0.496 e. The van der Waals surface area contributed by atoms with Gasteiger partial charge in [0.2, 0.25) is 0 Å². The van der Waals surface area contributed by atoms with Gasteiger partial charge in [0.25, 0.3) is 5.91 Å². The van der Waals surface area contributed by atoms with Gasteiger partial charge >= 0.3 is 0 Å². The van der Waals surface area contributed by atoms with Gasteiger partial charge in [-0.1, -0.05) is 45.0 Å². The molecule has 31 heavy (non-hydrogen) atoms. The quantitative estimate of drug-likeness (QED) is 0.523. The van der Waals surface area contributed by atoms with Crippen molar-refractivity contribution in [3.63, 3.8) is 0 Å². The fourth-order valence-electron chi connectivity index (χ4n) is 3.19. The molecule has 0 saturated heterocycles. The highest BCUT2D eigenvalue weighted by Crippen LogP contribution is 2.27. The van der Waals surface area contributed by atoms with Crippen LogP contribution in [-0.4, -0.2) is 20.1 Å². The zero-order valence-corrected chi connectivity index (χ0v) is 18.7. The third-order valence-corrected chi connectivity index (χ3v) is 5.01. The molecule has 0 aliphatic carbocycles. The van der Waals surface area contributed by atoms with Gasteiger partial charge in [0.1, 0.15) is 23.9 Å². The Morgan fingerprint density at radius 2 is 1.55 bits per heavy atom. The van der Waals surface area contributed by atoms with Crippen molar-refractivity contribution < 1.29 is 19.0 Å². The standard InChI is InChI=1S/C26H29NO4/c1-26(2,3)20-11-13-21(14-12-20)31-17-19-16-18(10-15-23(19)29-4)25(28)27-22-8-6-7-9-24(22)30-5/h6-16H,17H2,1-5H3,(H,27,28). The van der Waals surface area contributed by atoms with E-state index in [1.54, 1.807) is 44.6 Å². The molecule has 3 aromatic rings. The first-order valence-electron chi connectivity index (χ1n) is 10.2. The van der Waals surface area contributed by atoms with Crippen LogP contribution in [0.15, 0.2) is 66.7 Å². The molecule has 0 fully saturated rings. The first kappa shape index (κ1) is 22.2. The maximum atomic E-state index is 12.8. The van der Waals surface area contributed by atoms with Crippen molar-refractivity contribution in [1.82, 2.24) is 0 Å².